The second-order valence-electron chi connectivity index (χ2n) is 6.54. The first kappa shape index (κ1) is 19.1. The number of carbonyl (C=O) groups is 2. The Bertz CT molecular complexity index is 976. The van der Waals surface area contributed by atoms with Gasteiger partial charge in [0.2, 0.25) is 5.91 Å². The normalized spacial score (nSPS) is 10.2. The maximum atomic E-state index is 12.5. The highest BCUT2D eigenvalue weighted by atomic mass is 16.2. The largest absolute Gasteiger partial charge is 0.340 e. The smallest absolute Gasteiger partial charge is 0.257 e. The fraction of sp³-hybridized carbons (Fsp3) is 0.136. The lowest BCUT2D eigenvalue weighted by Crippen LogP contribution is -2.14. The zero-order valence-electron chi connectivity index (χ0n) is 16.0. The second kappa shape index (κ2) is 8.35. The van der Waals surface area contributed by atoms with Gasteiger partial charge in [0.05, 0.1) is 5.56 Å². The average molecular weight is 374 g/mol. The van der Waals surface area contributed by atoms with E-state index in [-0.39, 0.29) is 11.8 Å². The van der Waals surface area contributed by atoms with Gasteiger partial charge in [-0.2, -0.15) is 0 Å². The van der Waals surface area contributed by atoms with Crippen LogP contribution < -0.4 is 16.0 Å². The predicted molar refractivity (Wildman–Crippen MR) is 112 cm³/mol. The molecule has 3 rings (SSSR count). The van der Waals surface area contributed by atoms with Gasteiger partial charge in [0.15, 0.2) is 0 Å². The first-order chi connectivity index (χ1) is 13.4. The molecule has 0 radical (unpaired) electrons. The molecule has 0 saturated carbocycles. The summed E-state index contributed by atoms with van der Waals surface area (Å²) in [6.07, 6.45) is 1.54. The van der Waals surface area contributed by atoms with E-state index in [1.54, 1.807) is 24.3 Å². The van der Waals surface area contributed by atoms with Crippen LogP contribution in [0.1, 0.15) is 28.4 Å². The number of aryl methyl sites for hydroxylation is 2. The van der Waals surface area contributed by atoms with Crippen molar-refractivity contribution in [2.75, 3.05) is 16.0 Å². The molecule has 6 nitrogen and oxygen atoms in total. The highest BCUT2D eigenvalue weighted by Gasteiger charge is 2.10. The number of para-hydroxylation sites is 1. The van der Waals surface area contributed by atoms with Crippen LogP contribution in [0.25, 0.3) is 0 Å². The van der Waals surface area contributed by atoms with E-state index in [0.29, 0.717) is 11.4 Å². The zero-order valence-corrected chi connectivity index (χ0v) is 16.0. The van der Waals surface area contributed by atoms with Crippen LogP contribution in [0.2, 0.25) is 0 Å². The topological polar surface area (TPSA) is 83.1 Å². The Kier molecular flexibility index (Phi) is 5.69. The monoisotopic (exact) mass is 374 g/mol. The summed E-state index contributed by atoms with van der Waals surface area (Å²) in [6, 6.07) is 16.7. The third kappa shape index (κ3) is 4.73. The van der Waals surface area contributed by atoms with E-state index in [9.17, 15) is 9.59 Å². The molecular formula is C22H22N4O2. The lowest BCUT2D eigenvalue weighted by Gasteiger charge is -2.12. The molecule has 0 spiro atoms. The van der Waals surface area contributed by atoms with Crippen LogP contribution in [0.4, 0.5) is 22.9 Å². The summed E-state index contributed by atoms with van der Waals surface area (Å²) in [6.45, 7) is 5.39. The van der Waals surface area contributed by atoms with Gasteiger partial charge in [-0.25, -0.2) is 4.98 Å². The van der Waals surface area contributed by atoms with Crippen LogP contribution in [-0.4, -0.2) is 16.8 Å². The highest BCUT2D eigenvalue weighted by Crippen LogP contribution is 2.21. The van der Waals surface area contributed by atoms with Gasteiger partial charge in [-0.3, -0.25) is 9.59 Å². The van der Waals surface area contributed by atoms with Crippen molar-refractivity contribution in [2.24, 2.45) is 0 Å². The van der Waals surface area contributed by atoms with E-state index in [2.05, 4.69) is 20.9 Å². The first-order valence-electron chi connectivity index (χ1n) is 8.90. The van der Waals surface area contributed by atoms with Crippen molar-refractivity contribution in [3.63, 3.8) is 0 Å². The zero-order chi connectivity index (χ0) is 20.1. The van der Waals surface area contributed by atoms with E-state index in [1.807, 2.05) is 44.2 Å². The molecule has 0 saturated heterocycles. The summed E-state index contributed by atoms with van der Waals surface area (Å²) < 4.78 is 0. The molecule has 6 heteroatoms. The number of hydrogen-bond acceptors (Lipinski definition) is 4. The van der Waals surface area contributed by atoms with E-state index in [0.717, 1.165) is 28.2 Å². The molecule has 2 aromatic carbocycles. The van der Waals surface area contributed by atoms with Crippen LogP contribution in [0.3, 0.4) is 0 Å². The number of anilines is 4. The second-order valence-corrected chi connectivity index (χ2v) is 6.54. The van der Waals surface area contributed by atoms with Gasteiger partial charge >= 0.3 is 0 Å². The predicted octanol–water partition coefficient (Wildman–Crippen LogP) is 4.65. The van der Waals surface area contributed by atoms with Crippen molar-refractivity contribution in [1.29, 1.82) is 0 Å². The molecule has 0 bridgehead atoms. The number of aromatic nitrogens is 1. The molecule has 3 N–H and O–H groups in total. The van der Waals surface area contributed by atoms with E-state index < -0.39 is 0 Å². The quantitative estimate of drug-likeness (QED) is 0.607. The van der Waals surface area contributed by atoms with E-state index in [1.165, 1.54) is 13.1 Å². The van der Waals surface area contributed by atoms with Crippen LogP contribution >= 0.6 is 0 Å². The molecule has 3 aromatic rings. The molecular weight excluding hydrogens is 352 g/mol. The number of benzene rings is 2. The number of pyridine rings is 1. The van der Waals surface area contributed by atoms with Gasteiger partial charge in [-0.15, -0.1) is 0 Å². The summed E-state index contributed by atoms with van der Waals surface area (Å²) in [7, 11) is 0. The Morgan fingerprint density at radius 1 is 0.821 bits per heavy atom. The summed E-state index contributed by atoms with van der Waals surface area (Å²) >= 11 is 0. The number of nitrogens with zero attached hydrogens (tertiary/aromatic N) is 1. The molecule has 0 fully saturated rings. The lowest BCUT2D eigenvalue weighted by atomic mass is 10.1. The number of nitrogens with one attached hydrogen (secondary N) is 3. The van der Waals surface area contributed by atoms with Crippen LogP contribution in [0, 0.1) is 13.8 Å². The molecule has 1 heterocycles. The van der Waals surface area contributed by atoms with Crippen molar-refractivity contribution in [2.45, 2.75) is 20.8 Å². The minimum absolute atomic E-state index is 0.114. The minimum atomic E-state index is -0.198. The maximum Gasteiger partial charge on any atom is 0.257 e. The van der Waals surface area contributed by atoms with Gasteiger partial charge in [0, 0.05) is 30.2 Å². The molecule has 0 unspecified atom stereocenters. The summed E-state index contributed by atoms with van der Waals surface area (Å²) in [5.41, 5.74) is 4.90. The summed E-state index contributed by atoms with van der Waals surface area (Å²) in [5.74, 6) is 0.309. The molecule has 1 aromatic heterocycles. The Morgan fingerprint density at radius 3 is 2.04 bits per heavy atom. The first-order valence-corrected chi connectivity index (χ1v) is 8.90. The molecule has 142 valence electrons. The van der Waals surface area contributed by atoms with Crippen molar-refractivity contribution in [1.82, 2.24) is 4.98 Å². The van der Waals surface area contributed by atoms with Gasteiger partial charge in [-0.1, -0.05) is 18.2 Å². The summed E-state index contributed by atoms with van der Waals surface area (Å²) in [5, 5.41) is 8.83. The molecule has 28 heavy (non-hydrogen) atoms. The number of hydrogen-bond donors (Lipinski definition) is 3. The van der Waals surface area contributed by atoms with E-state index >= 15 is 0 Å². The van der Waals surface area contributed by atoms with Gasteiger partial charge in [-0.05, 0) is 61.4 Å². The Morgan fingerprint density at radius 2 is 1.46 bits per heavy atom. The van der Waals surface area contributed by atoms with Crippen LogP contribution in [-0.2, 0) is 4.79 Å². The molecule has 2 amide bonds. The number of amides is 2. The molecule has 0 aliphatic carbocycles. The standard InChI is InChI=1S/C22H22N4O2/c1-14-5-4-6-15(2)21(14)26-22(28)17-7-12-20(23-13-17)25-19-10-8-18(9-11-19)24-16(3)27/h4-13H,1-3H3,(H,23,25)(H,24,27)(H,26,28). The fourth-order valence-electron chi connectivity index (χ4n) is 2.79. The molecule has 0 atom stereocenters. The Balaban J connectivity index is 1.66. The van der Waals surface area contributed by atoms with Crippen molar-refractivity contribution in [3.8, 4) is 0 Å². The third-order valence-corrected chi connectivity index (χ3v) is 4.22. The minimum Gasteiger partial charge on any atom is -0.340 e. The van der Waals surface area contributed by atoms with Crippen LogP contribution in [0.5, 0.6) is 0 Å². The lowest BCUT2D eigenvalue weighted by molar-refractivity contribution is -0.114. The van der Waals surface area contributed by atoms with Crippen molar-refractivity contribution >= 4 is 34.7 Å². The average Bonchev–Trinajstić information content (AvgIpc) is 2.66. The summed E-state index contributed by atoms with van der Waals surface area (Å²) in [4.78, 5) is 27.9. The van der Waals surface area contributed by atoms with Gasteiger partial charge < -0.3 is 16.0 Å². The number of carbonyl (C=O) groups excluding carboxylic acids is 2. The van der Waals surface area contributed by atoms with Crippen molar-refractivity contribution < 1.29 is 9.59 Å². The number of rotatable bonds is 5. The van der Waals surface area contributed by atoms with E-state index in [4.69, 9.17) is 0 Å². The molecule has 0 aliphatic heterocycles. The molecule has 0 aliphatic rings. The maximum absolute atomic E-state index is 12.5. The third-order valence-electron chi connectivity index (χ3n) is 4.22. The van der Waals surface area contributed by atoms with Gasteiger partial charge in [0.25, 0.3) is 5.91 Å². The Hall–Kier alpha value is -3.67. The van der Waals surface area contributed by atoms with Gasteiger partial charge in [0.1, 0.15) is 5.82 Å². The fourth-order valence-corrected chi connectivity index (χ4v) is 2.79. The van der Waals surface area contributed by atoms with Crippen molar-refractivity contribution in [3.05, 3.63) is 77.5 Å². The SMILES string of the molecule is CC(=O)Nc1ccc(Nc2ccc(C(=O)Nc3c(C)cccc3C)cn2)cc1. The Labute approximate surface area is 164 Å². The van der Waals surface area contributed by atoms with Crippen LogP contribution in [0.15, 0.2) is 60.8 Å². The highest BCUT2D eigenvalue weighted by molar-refractivity contribution is 6.05.